The van der Waals surface area contributed by atoms with Crippen LogP contribution in [0.25, 0.3) is 0 Å². The van der Waals surface area contributed by atoms with Crippen molar-refractivity contribution in [3.8, 4) is 0 Å². The molecular formula is C23H25ClN4O3. The van der Waals surface area contributed by atoms with Crippen molar-refractivity contribution in [3.05, 3.63) is 76.0 Å². The van der Waals surface area contributed by atoms with E-state index >= 15 is 0 Å². The molecule has 1 aliphatic heterocycles. The molecule has 7 nitrogen and oxygen atoms in total. The van der Waals surface area contributed by atoms with E-state index in [2.05, 4.69) is 10.4 Å². The van der Waals surface area contributed by atoms with Gasteiger partial charge >= 0.3 is 0 Å². The lowest BCUT2D eigenvalue weighted by atomic mass is 10.0. The minimum Gasteiger partial charge on any atom is -0.472 e. The fraction of sp³-hybridized carbons (Fsp3) is 0.348. The van der Waals surface area contributed by atoms with E-state index in [0.717, 1.165) is 5.56 Å². The zero-order valence-corrected chi connectivity index (χ0v) is 18.4. The van der Waals surface area contributed by atoms with E-state index in [-0.39, 0.29) is 17.9 Å². The van der Waals surface area contributed by atoms with Crippen LogP contribution in [0.1, 0.15) is 50.4 Å². The number of amides is 2. The average Bonchev–Trinajstić information content (AvgIpc) is 3.38. The van der Waals surface area contributed by atoms with Crippen LogP contribution in [0.4, 0.5) is 0 Å². The second-order valence-corrected chi connectivity index (χ2v) is 8.30. The second kappa shape index (κ2) is 8.98. The van der Waals surface area contributed by atoms with Crippen molar-refractivity contribution in [2.75, 3.05) is 13.1 Å². The maximum atomic E-state index is 12.9. The zero-order valence-electron chi connectivity index (χ0n) is 17.6. The van der Waals surface area contributed by atoms with E-state index in [1.54, 1.807) is 22.6 Å². The number of benzene rings is 1. The molecule has 0 bridgehead atoms. The lowest BCUT2D eigenvalue weighted by molar-refractivity contribution is 0.0697. The maximum absolute atomic E-state index is 12.9. The molecule has 1 aliphatic rings. The lowest BCUT2D eigenvalue weighted by Crippen LogP contribution is -2.46. The standard InChI is InChI=1S/C23H25ClN4O3/c1-15-3-5-17(6-4-15)13-28-21(24)20(16(2)26-28)22(29)25-19-7-10-27(11-8-19)23(30)18-9-12-31-14-18/h3-6,9,12,14,19H,7-8,10-11,13H2,1-2H3,(H,25,29). The third kappa shape index (κ3) is 4.66. The fourth-order valence-electron chi connectivity index (χ4n) is 3.84. The third-order valence-corrected chi connectivity index (χ3v) is 6.02. The molecule has 0 unspecified atom stereocenters. The average molecular weight is 441 g/mol. The Morgan fingerprint density at radius 1 is 1.16 bits per heavy atom. The van der Waals surface area contributed by atoms with Gasteiger partial charge in [0, 0.05) is 19.1 Å². The predicted molar refractivity (Wildman–Crippen MR) is 117 cm³/mol. The van der Waals surface area contributed by atoms with Crippen LogP contribution in [0.2, 0.25) is 5.15 Å². The van der Waals surface area contributed by atoms with Crippen LogP contribution in [0, 0.1) is 13.8 Å². The fourth-order valence-corrected chi connectivity index (χ4v) is 4.16. The van der Waals surface area contributed by atoms with E-state index in [0.29, 0.717) is 54.4 Å². The highest BCUT2D eigenvalue weighted by atomic mass is 35.5. The number of nitrogens with zero attached hydrogens (tertiary/aromatic N) is 3. The van der Waals surface area contributed by atoms with Crippen molar-refractivity contribution >= 4 is 23.4 Å². The summed E-state index contributed by atoms with van der Waals surface area (Å²) in [7, 11) is 0. The highest BCUT2D eigenvalue weighted by molar-refractivity contribution is 6.33. The van der Waals surface area contributed by atoms with Crippen LogP contribution < -0.4 is 5.32 Å². The first-order valence-corrected chi connectivity index (χ1v) is 10.7. The van der Waals surface area contributed by atoms with E-state index in [1.165, 1.54) is 18.1 Å². The minimum absolute atomic E-state index is 0.0168. The number of carbonyl (C=O) groups excluding carboxylic acids is 2. The Morgan fingerprint density at radius 3 is 2.52 bits per heavy atom. The molecule has 0 spiro atoms. The monoisotopic (exact) mass is 440 g/mol. The van der Waals surface area contributed by atoms with Gasteiger partial charge in [-0.1, -0.05) is 41.4 Å². The quantitative estimate of drug-likeness (QED) is 0.653. The number of rotatable bonds is 5. The lowest BCUT2D eigenvalue weighted by Gasteiger charge is -2.32. The summed E-state index contributed by atoms with van der Waals surface area (Å²) in [5.41, 5.74) is 3.81. The SMILES string of the molecule is Cc1ccc(Cn2nc(C)c(C(=O)NC3CCN(C(=O)c4ccoc4)CC3)c2Cl)cc1. The van der Waals surface area contributed by atoms with Crippen LogP contribution in [-0.2, 0) is 6.54 Å². The van der Waals surface area contributed by atoms with Gasteiger partial charge in [0.1, 0.15) is 11.4 Å². The summed E-state index contributed by atoms with van der Waals surface area (Å²) in [6.07, 6.45) is 4.31. The molecule has 0 radical (unpaired) electrons. The van der Waals surface area contributed by atoms with Crippen molar-refractivity contribution in [2.24, 2.45) is 0 Å². The number of aryl methyl sites for hydroxylation is 2. The molecule has 4 rings (SSSR count). The van der Waals surface area contributed by atoms with Gasteiger partial charge in [0.25, 0.3) is 11.8 Å². The summed E-state index contributed by atoms with van der Waals surface area (Å²) < 4.78 is 6.65. The molecule has 1 saturated heterocycles. The summed E-state index contributed by atoms with van der Waals surface area (Å²) in [6.45, 7) is 5.48. The van der Waals surface area contributed by atoms with Gasteiger partial charge in [-0.05, 0) is 38.3 Å². The summed E-state index contributed by atoms with van der Waals surface area (Å²) >= 11 is 6.52. The third-order valence-electron chi connectivity index (χ3n) is 5.63. The van der Waals surface area contributed by atoms with E-state index in [4.69, 9.17) is 16.0 Å². The highest BCUT2D eigenvalue weighted by Gasteiger charge is 2.27. The molecular weight excluding hydrogens is 416 g/mol. The normalized spacial score (nSPS) is 14.6. The molecule has 2 amide bonds. The largest absolute Gasteiger partial charge is 0.472 e. The molecule has 0 atom stereocenters. The summed E-state index contributed by atoms with van der Waals surface area (Å²) in [5, 5.41) is 7.87. The van der Waals surface area contributed by atoms with Gasteiger partial charge in [-0.15, -0.1) is 0 Å². The van der Waals surface area contributed by atoms with Crippen molar-refractivity contribution < 1.29 is 14.0 Å². The van der Waals surface area contributed by atoms with Crippen LogP contribution in [0.3, 0.4) is 0 Å². The van der Waals surface area contributed by atoms with Crippen molar-refractivity contribution in [1.82, 2.24) is 20.0 Å². The Morgan fingerprint density at radius 2 is 1.87 bits per heavy atom. The van der Waals surface area contributed by atoms with Crippen LogP contribution >= 0.6 is 11.6 Å². The molecule has 8 heteroatoms. The molecule has 0 saturated carbocycles. The van der Waals surface area contributed by atoms with Gasteiger partial charge in [-0.2, -0.15) is 5.10 Å². The minimum atomic E-state index is -0.225. The van der Waals surface area contributed by atoms with Crippen molar-refractivity contribution in [3.63, 3.8) is 0 Å². The van der Waals surface area contributed by atoms with E-state index in [1.807, 2.05) is 31.2 Å². The van der Waals surface area contributed by atoms with Crippen LogP contribution in [0.15, 0.2) is 47.3 Å². The second-order valence-electron chi connectivity index (χ2n) is 7.95. The zero-order chi connectivity index (χ0) is 22.0. The Bertz CT molecular complexity index is 1070. The number of aromatic nitrogens is 2. The first-order valence-electron chi connectivity index (χ1n) is 10.3. The molecule has 3 aromatic rings. The first kappa shape index (κ1) is 21.2. The number of likely N-dealkylation sites (tertiary alicyclic amines) is 1. The molecule has 31 heavy (non-hydrogen) atoms. The topological polar surface area (TPSA) is 80.4 Å². The number of halogens is 1. The number of nitrogens with one attached hydrogen (secondary N) is 1. The molecule has 3 heterocycles. The van der Waals surface area contributed by atoms with Gasteiger partial charge in [0.15, 0.2) is 0 Å². The molecule has 1 aromatic carbocycles. The molecule has 0 aliphatic carbocycles. The molecule has 2 aromatic heterocycles. The van der Waals surface area contributed by atoms with Gasteiger partial charge in [-0.3, -0.25) is 9.59 Å². The predicted octanol–water partition coefficient (Wildman–Crippen LogP) is 3.83. The van der Waals surface area contributed by atoms with E-state index in [9.17, 15) is 9.59 Å². The van der Waals surface area contributed by atoms with E-state index < -0.39 is 0 Å². The Balaban J connectivity index is 1.37. The maximum Gasteiger partial charge on any atom is 0.257 e. The Kier molecular flexibility index (Phi) is 6.13. The number of carbonyl (C=O) groups is 2. The number of piperidine rings is 1. The smallest absolute Gasteiger partial charge is 0.257 e. The van der Waals surface area contributed by atoms with Crippen LogP contribution in [-0.4, -0.2) is 45.6 Å². The van der Waals surface area contributed by atoms with Gasteiger partial charge in [0.2, 0.25) is 0 Å². The summed E-state index contributed by atoms with van der Waals surface area (Å²) in [4.78, 5) is 27.1. The Hall–Kier alpha value is -3.06. The van der Waals surface area contributed by atoms with Gasteiger partial charge in [-0.25, -0.2) is 4.68 Å². The number of furan rings is 1. The molecule has 1 N–H and O–H groups in total. The van der Waals surface area contributed by atoms with Gasteiger partial charge in [0.05, 0.1) is 29.6 Å². The van der Waals surface area contributed by atoms with Crippen molar-refractivity contribution in [2.45, 2.75) is 39.3 Å². The molecule has 1 fully saturated rings. The number of hydrogen-bond donors (Lipinski definition) is 1. The van der Waals surface area contributed by atoms with Gasteiger partial charge < -0.3 is 14.6 Å². The summed E-state index contributed by atoms with van der Waals surface area (Å²) in [5.74, 6) is -0.271. The number of hydrogen-bond acceptors (Lipinski definition) is 4. The van der Waals surface area contributed by atoms with Crippen LogP contribution in [0.5, 0.6) is 0 Å². The highest BCUT2D eigenvalue weighted by Crippen LogP contribution is 2.22. The van der Waals surface area contributed by atoms with Crippen molar-refractivity contribution in [1.29, 1.82) is 0 Å². The molecule has 162 valence electrons. The summed E-state index contributed by atoms with van der Waals surface area (Å²) in [6, 6.07) is 9.78. The first-order chi connectivity index (χ1) is 14.9. The Labute approximate surface area is 186 Å².